The van der Waals surface area contributed by atoms with Crippen LogP contribution in [0.3, 0.4) is 0 Å². The maximum atomic E-state index is 11.4. The predicted octanol–water partition coefficient (Wildman–Crippen LogP) is 4.82. The van der Waals surface area contributed by atoms with E-state index >= 15 is 0 Å². The van der Waals surface area contributed by atoms with Gasteiger partial charge < -0.3 is 14.7 Å². The van der Waals surface area contributed by atoms with Gasteiger partial charge in [-0.2, -0.15) is 5.10 Å². The second-order valence-electron chi connectivity index (χ2n) is 9.12. The minimum atomic E-state index is -1.01. The Hall–Kier alpha value is -3.97. The molecule has 7 nitrogen and oxygen atoms in total. The third-order valence-corrected chi connectivity index (χ3v) is 6.47. The number of aromatic carboxylic acids is 1. The van der Waals surface area contributed by atoms with E-state index in [1.54, 1.807) is 11.6 Å². The highest BCUT2D eigenvalue weighted by Gasteiger charge is 2.17. The first kappa shape index (κ1) is 22.8. The lowest BCUT2D eigenvalue weighted by Crippen LogP contribution is -2.26. The molecule has 5 rings (SSSR count). The van der Waals surface area contributed by atoms with Crippen molar-refractivity contribution < 1.29 is 14.6 Å². The lowest BCUT2D eigenvalue weighted by molar-refractivity contribution is 0.0696. The molecule has 0 radical (unpaired) electrons. The third-order valence-electron chi connectivity index (χ3n) is 6.47. The van der Waals surface area contributed by atoms with Crippen LogP contribution in [0.1, 0.15) is 38.3 Å². The van der Waals surface area contributed by atoms with Crippen molar-refractivity contribution in [3.63, 3.8) is 0 Å². The number of benzene rings is 2. The van der Waals surface area contributed by atoms with E-state index in [1.807, 2.05) is 37.3 Å². The minimum Gasteiger partial charge on any atom is -0.488 e. The van der Waals surface area contributed by atoms with Crippen LogP contribution in [0.5, 0.6) is 5.75 Å². The molecule has 0 amide bonds. The summed E-state index contributed by atoms with van der Waals surface area (Å²) in [6.45, 7) is 6.30. The summed E-state index contributed by atoms with van der Waals surface area (Å²) < 4.78 is 7.85. The molecule has 7 heteroatoms. The molecule has 0 atom stereocenters. The first-order chi connectivity index (χ1) is 16.9. The molecule has 1 aliphatic rings. The molecule has 3 heterocycles. The Kier molecular flexibility index (Phi) is 6.09. The maximum Gasteiger partial charge on any atom is 0.339 e. The number of carboxylic acids is 1. The van der Waals surface area contributed by atoms with E-state index < -0.39 is 5.97 Å². The zero-order valence-corrected chi connectivity index (χ0v) is 20.2. The minimum absolute atomic E-state index is 0.161. The molecule has 0 spiro atoms. The van der Waals surface area contributed by atoms with Gasteiger partial charge in [0.05, 0.1) is 17.6 Å². The third kappa shape index (κ3) is 4.68. The van der Waals surface area contributed by atoms with Crippen molar-refractivity contribution in [3.05, 3.63) is 94.3 Å². The summed E-state index contributed by atoms with van der Waals surface area (Å²) in [6.07, 6.45) is 2.41. The van der Waals surface area contributed by atoms with Gasteiger partial charge in [-0.15, -0.1) is 0 Å². The van der Waals surface area contributed by atoms with Gasteiger partial charge in [-0.1, -0.05) is 35.9 Å². The van der Waals surface area contributed by atoms with Crippen LogP contribution < -0.4 is 4.74 Å². The summed E-state index contributed by atoms with van der Waals surface area (Å²) in [7, 11) is 2.15. The van der Waals surface area contributed by atoms with E-state index in [-0.39, 0.29) is 5.56 Å². The van der Waals surface area contributed by atoms with Gasteiger partial charge in [-0.25, -0.2) is 14.5 Å². The van der Waals surface area contributed by atoms with Crippen molar-refractivity contribution in [1.29, 1.82) is 0 Å². The molecule has 1 N–H and O–H groups in total. The number of hydrogen-bond acceptors (Lipinski definition) is 5. The van der Waals surface area contributed by atoms with Crippen LogP contribution in [0.25, 0.3) is 17.1 Å². The van der Waals surface area contributed by atoms with Crippen molar-refractivity contribution in [1.82, 2.24) is 19.7 Å². The number of carbonyl (C=O) groups is 1. The fourth-order valence-corrected chi connectivity index (χ4v) is 4.51. The number of nitrogens with zero attached hydrogens (tertiary/aromatic N) is 4. The van der Waals surface area contributed by atoms with Crippen LogP contribution in [0.2, 0.25) is 0 Å². The van der Waals surface area contributed by atoms with E-state index in [9.17, 15) is 9.90 Å². The van der Waals surface area contributed by atoms with Gasteiger partial charge in [-0.05, 0) is 68.3 Å². The molecule has 0 bridgehead atoms. The van der Waals surface area contributed by atoms with Gasteiger partial charge in [0.2, 0.25) is 0 Å². The van der Waals surface area contributed by atoms with Crippen LogP contribution in [0, 0.1) is 13.8 Å². The van der Waals surface area contributed by atoms with Crippen LogP contribution >= 0.6 is 0 Å². The highest BCUT2D eigenvalue weighted by Crippen LogP contribution is 2.31. The SMILES string of the molecule is Cc1ccc(OCc2ccc3c(c2)CCN(C)C3)c(-c2cccc(-n3ncc(C(=O)O)c3C)n2)c1. The summed E-state index contributed by atoms with van der Waals surface area (Å²) in [5.41, 5.74) is 7.35. The smallest absolute Gasteiger partial charge is 0.339 e. The van der Waals surface area contributed by atoms with E-state index in [0.29, 0.717) is 18.1 Å². The van der Waals surface area contributed by atoms with E-state index in [0.717, 1.165) is 47.6 Å². The zero-order valence-electron chi connectivity index (χ0n) is 20.2. The predicted molar refractivity (Wildman–Crippen MR) is 134 cm³/mol. The second-order valence-corrected chi connectivity index (χ2v) is 9.12. The van der Waals surface area contributed by atoms with Crippen molar-refractivity contribution >= 4 is 5.97 Å². The number of rotatable bonds is 6. The highest BCUT2D eigenvalue weighted by atomic mass is 16.5. The summed E-state index contributed by atoms with van der Waals surface area (Å²) in [4.78, 5) is 18.6. The summed E-state index contributed by atoms with van der Waals surface area (Å²) in [6, 6.07) is 18.3. The number of ether oxygens (including phenoxy) is 1. The maximum absolute atomic E-state index is 11.4. The molecule has 0 unspecified atom stereocenters. The number of aryl methyl sites for hydroxylation is 1. The van der Waals surface area contributed by atoms with Crippen LogP contribution in [-0.4, -0.2) is 44.3 Å². The standard InChI is InChI=1S/C28H28N4O3/c1-18-7-10-26(35-17-20-8-9-22-16-31(3)12-11-21(22)14-20)23(13-18)25-5-4-6-27(30-25)32-19(2)24(15-29-32)28(33)34/h4-10,13-15H,11-12,16-17H2,1-3H3,(H,33,34). The van der Waals surface area contributed by atoms with Crippen molar-refractivity contribution in [2.75, 3.05) is 13.6 Å². The van der Waals surface area contributed by atoms with Gasteiger partial charge in [0.1, 0.15) is 17.9 Å². The molecule has 0 saturated carbocycles. The number of fused-ring (bicyclic) bond motifs is 1. The van der Waals surface area contributed by atoms with Crippen molar-refractivity contribution in [2.45, 2.75) is 33.4 Å². The monoisotopic (exact) mass is 468 g/mol. The lowest BCUT2D eigenvalue weighted by Gasteiger charge is -2.25. The van der Waals surface area contributed by atoms with Crippen LogP contribution in [0.15, 0.2) is 60.8 Å². The Bertz CT molecular complexity index is 1410. The fraction of sp³-hybridized carbons (Fsp3) is 0.250. The number of hydrogen-bond donors (Lipinski definition) is 1. The first-order valence-electron chi connectivity index (χ1n) is 11.7. The number of carboxylic acid groups (broad SMARTS) is 1. The van der Waals surface area contributed by atoms with Crippen LogP contribution in [0.4, 0.5) is 0 Å². The Labute approximate surface area is 204 Å². The molecule has 0 saturated heterocycles. The van der Waals surface area contributed by atoms with E-state index in [4.69, 9.17) is 9.72 Å². The Morgan fingerprint density at radius 3 is 2.74 bits per heavy atom. The first-order valence-corrected chi connectivity index (χ1v) is 11.7. The number of pyridine rings is 1. The molecule has 178 valence electrons. The molecule has 0 aliphatic carbocycles. The van der Waals surface area contributed by atoms with Gasteiger partial charge in [-0.3, -0.25) is 0 Å². The summed E-state index contributed by atoms with van der Waals surface area (Å²) in [5, 5.41) is 13.6. The quantitative estimate of drug-likeness (QED) is 0.437. The number of likely N-dealkylation sites (N-methyl/N-ethyl adjacent to an activating group) is 1. The van der Waals surface area contributed by atoms with E-state index in [2.05, 4.69) is 41.3 Å². The van der Waals surface area contributed by atoms with Gasteiger partial charge in [0, 0.05) is 18.7 Å². The normalized spacial score (nSPS) is 13.5. The molecular formula is C28H28N4O3. The van der Waals surface area contributed by atoms with Gasteiger partial charge >= 0.3 is 5.97 Å². The molecule has 2 aromatic carbocycles. The molecule has 1 aliphatic heterocycles. The second kappa shape index (κ2) is 9.35. The van der Waals surface area contributed by atoms with Crippen LogP contribution in [-0.2, 0) is 19.6 Å². The lowest BCUT2D eigenvalue weighted by atomic mass is 9.98. The molecule has 0 fully saturated rings. The summed E-state index contributed by atoms with van der Waals surface area (Å²) >= 11 is 0. The highest BCUT2D eigenvalue weighted by molar-refractivity contribution is 5.88. The summed E-state index contributed by atoms with van der Waals surface area (Å²) in [5.74, 6) is 0.300. The van der Waals surface area contributed by atoms with Gasteiger partial charge in [0.15, 0.2) is 5.82 Å². The Balaban J connectivity index is 1.43. The van der Waals surface area contributed by atoms with Crippen molar-refractivity contribution in [2.24, 2.45) is 0 Å². The Morgan fingerprint density at radius 1 is 1.09 bits per heavy atom. The van der Waals surface area contributed by atoms with E-state index in [1.165, 1.54) is 17.3 Å². The average Bonchev–Trinajstić information content (AvgIpc) is 3.25. The van der Waals surface area contributed by atoms with Crippen molar-refractivity contribution in [3.8, 4) is 22.8 Å². The molecule has 4 aromatic rings. The molecule has 2 aromatic heterocycles. The zero-order chi connectivity index (χ0) is 24.5. The fourth-order valence-electron chi connectivity index (χ4n) is 4.51. The largest absolute Gasteiger partial charge is 0.488 e. The molecule has 35 heavy (non-hydrogen) atoms. The average molecular weight is 469 g/mol. The van der Waals surface area contributed by atoms with Gasteiger partial charge in [0.25, 0.3) is 0 Å². The molecular weight excluding hydrogens is 440 g/mol. The Morgan fingerprint density at radius 2 is 1.94 bits per heavy atom. The topological polar surface area (TPSA) is 80.5 Å². The number of aromatic nitrogens is 3.